The van der Waals surface area contributed by atoms with Gasteiger partial charge in [0.05, 0.1) is 12.1 Å². The summed E-state index contributed by atoms with van der Waals surface area (Å²) in [6.07, 6.45) is -1.01. The van der Waals surface area contributed by atoms with Crippen LogP contribution in [0.1, 0.15) is 49.2 Å². The lowest BCUT2D eigenvalue weighted by Gasteiger charge is -2.35. The highest BCUT2D eigenvalue weighted by atomic mass is 32.2. The van der Waals surface area contributed by atoms with E-state index >= 15 is 0 Å². The molecular weight excluding hydrogens is 460 g/mol. The molecule has 3 atom stereocenters. The van der Waals surface area contributed by atoms with Gasteiger partial charge in [-0.15, -0.1) is 0 Å². The largest absolute Gasteiger partial charge is 0.731 e. The summed E-state index contributed by atoms with van der Waals surface area (Å²) >= 11 is 0. The first-order valence-electron chi connectivity index (χ1n) is 11.1. The Morgan fingerprint density at radius 3 is 2.24 bits per heavy atom. The second-order valence-corrected chi connectivity index (χ2v) is 10.5. The van der Waals surface area contributed by atoms with Gasteiger partial charge in [-0.1, -0.05) is 48.5 Å². The van der Waals surface area contributed by atoms with Gasteiger partial charge in [-0.2, -0.15) is 0 Å². The van der Waals surface area contributed by atoms with Gasteiger partial charge in [-0.05, 0) is 38.5 Å². The van der Waals surface area contributed by atoms with Gasteiger partial charge in [-0.3, -0.25) is 0 Å². The van der Waals surface area contributed by atoms with Crippen molar-refractivity contribution < 1.29 is 36.9 Å². The predicted octanol–water partition coefficient (Wildman–Crippen LogP) is 1.94. The minimum absolute atomic E-state index is 0.129. The number of carbonyl (C=O) groups is 2. The SMILES string of the molecule is CC(C)(C)OC(=O)N([C@H](C[NH+]1CC[C@H](OC(=O)c2ccccc2)C1)c1ccccc1)S(=O)(=O)[O-]. The van der Waals surface area contributed by atoms with Crippen molar-refractivity contribution in [1.29, 1.82) is 0 Å². The van der Waals surface area contributed by atoms with Gasteiger partial charge in [0.2, 0.25) is 0 Å². The second kappa shape index (κ2) is 10.5. The third-order valence-electron chi connectivity index (χ3n) is 5.38. The average molecular weight is 491 g/mol. The number of hydrogen-bond donors (Lipinski definition) is 1. The van der Waals surface area contributed by atoms with Crippen LogP contribution in [0.5, 0.6) is 0 Å². The van der Waals surface area contributed by atoms with E-state index in [1.54, 1.807) is 75.4 Å². The Labute approximate surface area is 200 Å². The molecule has 9 nitrogen and oxygen atoms in total. The van der Waals surface area contributed by atoms with Gasteiger partial charge in [0.15, 0.2) is 16.4 Å². The molecule has 0 bridgehead atoms. The number of ether oxygens (including phenoxy) is 2. The number of likely N-dealkylation sites (tertiary alicyclic amines) is 1. The normalized spacial score (nSPS) is 19.3. The maximum Gasteiger partial charge on any atom is 0.424 e. The van der Waals surface area contributed by atoms with Gasteiger partial charge >= 0.3 is 12.1 Å². The maximum atomic E-state index is 12.8. The molecule has 1 aliphatic rings. The van der Waals surface area contributed by atoms with Crippen molar-refractivity contribution in [2.45, 2.75) is 44.9 Å². The van der Waals surface area contributed by atoms with Crippen molar-refractivity contribution in [3.8, 4) is 0 Å². The number of quaternary nitrogens is 1. The lowest BCUT2D eigenvalue weighted by Crippen LogP contribution is -3.11. The first kappa shape index (κ1) is 25.7. The molecule has 0 saturated carbocycles. The van der Waals surface area contributed by atoms with E-state index in [0.717, 1.165) is 4.90 Å². The molecule has 1 amide bonds. The minimum atomic E-state index is -5.18. The minimum Gasteiger partial charge on any atom is -0.731 e. The third-order valence-corrected chi connectivity index (χ3v) is 6.27. The molecular formula is C24H30N2O7S. The molecule has 0 spiro atoms. The zero-order valence-electron chi connectivity index (χ0n) is 19.5. The van der Waals surface area contributed by atoms with Crippen LogP contribution >= 0.6 is 0 Å². The predicted molar refractivity (Wildman–Crippen MR) is 123 cm³/mol. The third kappa shape index (κ3) is 7.02. The summed E-state index contributed by atoms with van der Waals surface area (Å²) in [7, 11) is -5.18. The van der Waals surface area contributed by atoms with Crippen LogP contribution in [0.15, 0.2) is 60.7 Å². The molecule has 1 aliphatic heterocycles. The summed E-state index contributed by atoms with van der Waals surface area (Å²) < 4.78 is 47.8. The van der Waals surface area contributed by atoms with E-state index in [0.29, 0.717) is 30.6 Å². The zero-order chi connectivity index (χ0) is 24.9. The van der Waals surface area contributed by atoms with Crippen LogP contribution in [-0.2, 0) is 19.8 Å². The van der Waals surface area contributed by atoms with Gasteiger partial charge in [0.1, 0.15) is 24.7 Å². The van der Waals surface area contributed by atoms with Crippen LogP contribution < -0.4 is 4.90 Å². The van der Waals surface area contributed by atoms with E-state index in [4.69, 9.17) is 9.47 Å². The monoisotopic (exact) mass is 490 g/mol. The molecule has 10 heteroatoms. The highest BCUT2D eigenvalue weighted by molar-refractivity contribution is 7.83. The van der Waals surface area contributed by atoms with Crippen LogP contribution in [0.25, 0.3) is 0 Å². The first-order chi connectivity index (χ1) is 15.9. The Kier molecular flexibility index (Phi) is 7.96. The van der Waals surface area contributed by atoms with Gasteiger partial charge in [0, 0.05) is 6.42 Å². The number of carbonyl (C=O) groups excluding carboxylic acids is 2. The van der Waals surface area contributed by atoms with E-state index in [1.807, 2.05) is 6.07 Å². The van der Waals surface area contributed by atoms with E-state index in [9.17, 15) is 22.6 Å². The molecule has 0 aromatic heterocycles. The molecule has 0 aliphatic carbocycles. The standard InChI is InChI=1S/C24H30N2O7S/c1-24(2,3)33-23(28)26(34(29,30)31)21(18-10-6-4-7-11-18)17-25-15-14-20(16-25)32-22(27)19-12-8-5-9-13-19/h4-13,20-21H,14-17H2,1-3H3,(H,29,30,31)/t20-,21+/m0/s1. The quantitative estimate of drug-likeness (QED) is 0.466. The Bertz CT molecular complexity index is 1090. The fourth-order valence-electron chi connectivity index (χ4n) is 3.94. The number of nitrogens with one attached hydrogen (secondary N) is 1. The lowest BCUT2D eigenvalue weighted by molar-refractivity contribution is -0.891. The van der Waals surface area contributed by atoms with Crippen LogP contribution in [0, 0.1) is 0 Å². The number of amides is 1. The van der Waals surface area contributed by atoms with Crippen molar-refractivity contribution in [2.75, 3.05) is 19.6 Å². The van der Waals surface area contributed by atoms with Crippen LogP contribution in [0.3, 0.4) is 0 Å². The number of esters is 1. The molecule has 1 fully saturated rings. The number of benzene rings is 2. The molecule has 0 radical (unpaired) electrons. The molecule has 1 saturated heterocycles. The van der Waals surface area contributed by atoms with Crippen molar-refractivity contribution in [1.82, 2.24) is 4.31 Å². The second-order valence-electron chi connectivity index (χ2n) is 9.25. The number of rotatable bonds is 7. The highest BCUT2D eigenvalue weighted by Gasteiger charge is 2.39. The molecule has 1 unspecified atom stereocenters. The molecule has 1 N–H and O–H groups in total. The Morgan fingerprint density at radius 1 is 1.09 bits per heavy atom. The zero-order valence-corrected chi connectivity index (χ0v) is 20.3. The summed E-state index contributed by atoms with van der Waals surface area (Å²) in [6.45, 7) is 5.91. The molecule has 2 aromatic carbocycles. The molecule has 2 aromatic rings. The molecule has 34 heavy (non-hydrogen) atoms. The van der Waals surface area contributed by atoms with Crippen molar-refractivity contribution in [3.63, 3.8) is 0 Å². The van der Waals surface area contributed by atoms with Crippen LogP contribution in [0.2, 0.25) is 0 Å². The fraction of sp³-hybridized carbons (Fsp3) is 0.417. The summed E-state index contributed by atoms with van der Waals surface area (Å²) in [5.41, 5.74) is -0.0462. The summed E-state index contributed by atoms with van der Waals surface area (Å²) in [6, 6.07) is 16.1. The van der Waals surface area contributed by atoms with Crippen molar-refractivity contribution in [2.24, 2.45) is 0 Å². The van der Waals surface area contributed by atoms with Gasteiger partial charge < -0.3 is 18.9 Å². The van der Waals surface area contributed by atoms with E-state index in [1.165, 1.54) is 0 Å². The fourth-order valence-corrected chi connectivity index (χ4v) is 4.66. The lowest BCUT2D eigenvalue weighted by atomic mass is 10.1. The van der Waals surface area contributed by atoms with E-state index in [2.05, 4.69) is 0 Å². The van der Waals surface area contributed by atoms with E-state index < -0.39 is 34.0 Å². The first-order valence-corrected chi connectivity index (χ1v) is 12.4. The Hall–Kier alpha value is -2.95. The molecule has 184 valence electrons. The summed E-state index contributed by atoms with van der Waals surface area (Å²) in [4.78, 5) is 26.1. The molecule has 1 heterocycles. The van der Waals surface area contributed by atoms with Crippen molar-refractivity contribution in [3.05, 3.63) is 71.8 Å². The summed E-state index contributed by atoms with van der Waals surface area (Å²) in [5.74, 6) is -0.427. The van der Waals surface area contributed by atoms with Crippen LogP contribution in [-0.4, -0.2) is 60.7 Å². The van der Waals surface area contributed by atoms with Crippen LogP contribution in [0.4, 0.5) is 4.79 Å². The van der Waals surface area contributed by atoms with Gasteiger partial charge in [-0.25, -0.2) is 22.3 Å². The van der Waals surface area contributed by atoms with Crippen molar-refractivity contribution >= 4 is 22.4 Å². The molecule has 3 rings (SSSR count). The highest BCUT2D eigenvalue weighted by Crippen LogP contribution is 2.25. The smallest absolute Gasteiger partial charge is 0.424 e. The maximum absolute atomic E-state index is 12.8. The Balaban J connectivity index is 1.79. The average Bonchev–Trinajstić information content (AvgIpc) is 3.19. The Morgan fingerprint density at radius 2 is 1.68 bits per heavy atom. The topological polar surface area (TPSA) is 117 Å². The summed E-state index contributed by atoms with van der Waals surface area (Å²) in [5, 5.41) is 0. The number of nitrogens with zero attached hydrogens (tertiary/aromatic N) is 1. The number of hydrogen-bond acceptors (Lipinski definition) is 7. The van der Waals surface area contributed by atoms with Gasteiger partial charge in [0.25, 0.3) is 0 Å². The van der Waals surface area contributed by atoms with E-state index in [-0.39, 0.29) is 17.0 Å².